The molecule has 0 amide bonds. The topological polar surface area (TPSA) is 52.0 Å². The number of nitrogens with two attached hydrogens (primary N) is 1. The summed E-state index contributed by atoms with van der Waals surface area (Å²) in [7, 11) is 0. The lowest BCUT2D eigenvalue weighted by Gasteiger charge is -1.96. The maximum Gasteiger partial charge on any atom is 0.141 e. The Morgan fingerprint density at radius 1 is 1.46 bits per heavy atom. The van der Waals surface area contributed by atoms with Gasteiger partial charge < -0.3 is 10.3 Å². The molecule has 3 nitrogen and oxygen atoms in total. The van der Waals surface area contributed by atoms with Crippen LogP contribution in [0.2, 0.25) is 0 Å². The van der Waals surface area contributed by atoms with Gasteiger partial charge in [0.25, 0.3) is 0 Å². The Bertz CT molecular complexity index is 420. The molecule has 2 rings (SSSR count). The quantitative estimate of drug-likeness (QED) is 0.756. The van der Waals surface area contributed by atoms with E-state index in [0.717, 1.165) is 23.1 Å². The zero-order valence-corrected chi connectivity index (χ0v) is 7.58. The normalized spacial score (nSPS) is 10.9. The molecule has 1 heterocycles. The Hall–Kier alpha value is -1.35. The third-order valence-corrected chi connectivity index (χ3v) is 2.16. The van der Waals surface area contributed by atoms with Crippen LogP contribution in [0.1, 0.15) is 11.3 Å². The van der Waals surface area contributed by atoms with Crippen molar-refractivity contribution in [3.63, 3.8) is 0 Å². The molecule has 0 aliphatic carbocycles. The molecule has 0 fully saturated rings. The van der Waals surface area contributed by atoms with Crippen LogP contribution in [0.4, 0.5) is 0 Å². The number of benzene rings is 1. The summed E-state index contributed by atoms with van der Waals surface area (Å²) in [5.41, 5.74) is 7.60. The molecule has 0 saturated heterocycles. The molecule has 2 N–H and O–H groups in total. The van der Waals surface area contributed by atoms with E-state index in [1.54, 1.807) is 0 Å². The summed E-state index contributed by atoms with van der Waals surface area (Å²) in [5, 5.41) is 5.03. The van der Waals surface area contributed by atoms with Crippen molar-refractivity contribution < 1.29 is 4.52 Å². The van der Waals surface area contributed by atoms with Gasteiger partial charge in [-0.25, -0.2) is 0 Å². The summed E-state index contributed by atoms with van der Waals surface area (Å²) in [5.74, 6) is 0.870. The number of aryl methyl sites for hydroxylation is 1. The van der Waals surface area contributed by atoms with E-state index in [9.17, 15) is 0 Å². The molecule has 0 aliphatic heterocycles. The van der Waals surface area contributed by atoms with E-state index in [2.05, 4.69) is 11.2 Å². The summed E-state index contributed by atoms with van der Waals surface area (Å²) in [6.45, 7) is 2.58. The molecular weight excluding hydrogens is 164 g/mol. The minimum Gasteiger partial charge on any atom is -0.360 e. The zero-order chi connectivity index (χ0) is 9.26. The van der Waals surface area contributed by atoms with Crippen LogP contribution in [0.25, 0.3) is 10.9 Å². The Labute approximate surface area is 76.5 Å². The maximum atomic E-state index is 5.47. The lowest BCUT2D eigenvalue weighted by molar-refractivity contribution is 0.405. The SMILES string of the molecule is Cc1onc2cc(CCN)ccc12. The average molecular weight is 176 g/mol. The van der Waals surface area contributed by atoms with Crippen LogP contribution < -0.4 is 5.73 Å². The molecule has 0 saturated carbocycles. The van der Waals surface area contributed by atoms with Gasteiger partial charge >= 0.3 is 0 Å². The molecule has 0 unspecified atom stereocenters. The smallest absolute Gasteiger partial charge is 0.141 e. The number of rotatable bonds is 2. The molecular formula is C10H12N2O. The minimum absolute atomic E-state index is 0.669. The standard InChI is InChI=1S/C10H12N2O/c1-7-9-3-2-8(4-5-11)6-10(9)12-13-7/h2-3,6H,4-5,11H2,1H3. The van der Waals surface area contributed by atoms with Crippen LogP contribution in [0.15, 0.2) is 22.7 Å². The average Bonchev–Trinajstić information content (AvgIpc) is 2.48. The highest BCUT2D eigenvalue weighted by atomic mass is 16.5. The van der Waals surface area contributed by atoms with Gasteiger partial charge in [-0.2, -0.15) is 0 Å². The molecule has 3 heteroatoms. The third-order valence-electron chi connectivity index (χ3n) is 2.16. The first-order valence-electron chi connectivity index (χ1n) is 4.36. The van der Waals surface area contributed by atoms with Gasteiger partial charge in [0.05, 0.1) is 0 Å². The second-order valence-corrected chi connectivity index (χ2v) is 3.13. The molecule has 2 aromatic rings. The molecule has 68 valence electrons. The fourth-order valence-electron chi connectivity index (χ4n) is 1.44. The van der Waals surface area contributed by atoms with Gasteiger partial charge in [-0.15, -0.1) is 0 Å². The number of nitrogens with zero attached hydrogens (tertiary/aromatic N) is 1. The van der Waals surface area contributed by atoms with Crippen LogP contribution in [-0.4, -0.2) is 11.7 Å². The van der Waals surface area contributed by atoms with E-state index in [1.165, 1.54) is 5.56 Å². The van der Waals surface area contributed by atoms with E-state index < -0.39 is 0 Å². The van der Waals surface area contributed by atoms with E-state index in [0.29, 0.717) is 6.54 Å². The highest BCUT2D eigenvalue weighted by Gasteiger charge is 2.03. The van der Waals surface area contributed by atoms with Gasteiger partial charge in [0, 0.05) is 5.39 Å². The summed E-state index contributed by atoms with van der Waals surface area (Å²) >= 11 is 0. The van der Waals surface area contributed by atoms with Crippen LogP contribution in [-0.2, 0) is 6.42 Å². The third kappa shape index (κ3) is 1.42. The minimum atomic E-state index is 0.669. The number of aromatic nitrogens is 1. The fraction of sp³-hybridized carbons (Fsp3) is 0.300. The molecule has 1 aromatic carbocycles. The van der Waals surface area contributed by atoms with Gasteiger partial charge in [-0.3, -0.25) is 0 Å². The molecule has 0 aliphatic rings. The van der Waals surface area contributed by atoms with Gasteiger partial charge in [-0.05, 0) is 37.6 Å². The highest BCUT2D eigenvalue weighted by Crippen LogP contribution is 2.18. The first-order valence-corrected chi connectivity index (χ1v) is 4.36. The van der Waals surface area contributed by atoms with Crippen LogP contribution in [0, 0.1) is 6.92 Å². The molecule has 0 bridgehead atoms. The molecule has 0 radical (unpaired) electrons. The summed E-state index contributed by atoms with van der Waals surface area (Å²) < 4.78 is 5.07. The first kappa shape index (κ1) is 8.26. The van der Waals surface area contributed by atoms with Crippen molar-refractivity contribution in [3.8, 4) is 0 Å². The molecule has 1 aromatic heterocycles. The second-order valence-electron chi connectivity index (χ2n) is 3.13. The number of hydrogen-bond acceptors (Lipinski definition) is 3. The lowest BCUT2D eigenvalue weighted by atomic mass is 10.1. The van der Waals surface area contributed by atoms with Crippen molar-refractivity contribution in [2.24, 2.45) is 5.73 Å². The molecule has 0 atom stereocenters. The fourth-order valence-corrected chi connectivity index (χ4v) is 1.44. The van der Waals surface area contributed by atoms with E-state index in [-0.39, 0.29) is 0 Å². The lowest BCUT2D eigenvalue weighted by Crippen LogP contribution is -2.02. The van der Waals surface area contributed by atoms with Gasteiger partial charge in [0.2, 0.25) is 0 Å². The Morgan fingerprint density at radius 2 is 2.31 bits per heavy atom. The molecule has 0 spiro atoms. The first-order chi connectivity index (χ1) is 6.31. The van der Waals surface area contributed by atoms with Crippen molar-refractivity contribution >= 4 is 10.9 Å². The van der Waals surface area contributed by atoms with E-state index in [1.807, 2.05) is 19.1 Å². The largest absolute Gasteiger partial charge is 0.360 e. The number of hydrogen-bond donors (Lipinski definition) is 1. The molecule has 13 heavy (non-hydrogen) atoms. The van der Waals surface area contributed by atoms with Crippen molar-refractivity contribution in [3.05, 3.63) is 29.5 Å². The van der Waals surface area contributed by atoms with Crippen molar-refractivity contribution in [1.29, 1.82) is 0 Å². The summed E-state index contributed by atoms with van der Waals surface area (Å²) in [6.07, 6.45) is 0.891. The van der Waals surface area contributed by atoms with Gasteiger partial charge in [-0.1, -0.05) is 11.2 Å². The van der Waals surface area contributed by atoms with Crippen molar-refractivity contribution in [1.82, 2.24) is 5.16 Å². The monoisotopic (exact) mass is 176 g/mol. The summed E-state index contributed by atoms with van der Waals surface area (Å²) in [6, 6.07) is 6.13. The van der Waals surface area contributed by atoms with E-state index >= 15 is 0 Å². The Kier molecular flexibility index (Phi) is 2.02. The second kappa shape index (κ2) is 3.18. The van der Waals surface area contributed by atoms with Gasteiger partial charge in [0.15, 0.2) is 0 Å². The van der Waals surface area contributed by atoms with Crippen molar-refractivity contribution in [2.45, 2.75) is 13.3 Å². The summed E-state index contributed by atoms with van der Waals surface area (Å²) in [4.78, 5) is 0. The van der Waals surface area contributed by atoms with Crippen LogP contribution >= 0.6 is 0 Å². The van der Waals surface area contributed by atoms with E-state index in [4.69, 9.17) is 10.3 Å². The van der Waals surface area contributed by atoms with Crippen LogP contribution in [0.3, 0.4) is 0 Å². The van der Waals surface area contributed by atoms with Gasteiger partial charge in [0.1, 0.15) is 11.3 Å². The predicted octanol–water partition coefficient (Wildman–Crippen LogP) is 1.64. The predicted molar refractivity (Wildman–Crippen MR) is 51.5 cm³/mol. The zero-order valence-electron chi connectivity index (χ0n) is 7.58. The Morgan fingerprint density at radius 3 is 3.08 bits per heavy atom. The maximum absolute atomic E-state index is 5.47. The highest BCUT2D eigenvalue weighted by molar-refractivity contribution is 5.80. The Balaban J connectivity index is 2.50. The van der Waals surface area contributed by atoms with Crippen molar-refractivity contribution in [2.75, 3.05) is 6.54 Å². The van der Waals surface area contributed by atoms with Crippen LogP contribution in [0.5, 0.6) is 0 Å². The number of fused-ring (bicyclic) bond motifs is 1.